The summed E-state index contributed by atoms with van der Waals surface area (Å²) in [4.78, 5) is 12.0. The molecule has 2 N–H and O–H groups in total. The van der Waals surface area contributed by atoms with Gasteiger partial charge < -0.3 is 4.74 Å². The van der Waals surface area contributed by atoms with E-state index < -0.39 is 33.6 Å². The van der Waals surface area contributed by atoms with Gasteiger partial charge >= 0.3 is 0 Å². The first-order chi connectivity index (χ1) is 14.2. The van der Waals surface area contributed by atoms with Crippen molar-refractivity contribution in [3.63, 3.8) is 0 Å². The molecule has 2 atom stereocenters. The molecule has 2 aromatic carbocycles. The Balaban J connectivity index is 1.76. The summed E-state index contributed by atoms with van der Waals surface area (Å²) in [6.45, 7) is 1.75. The highest BCUT2D eigenvalue weighted by Gasteiger charge is 2.41. The van der Waals surface area contributed by atoms with Gasteiger partial charge in [0.2, 0.25) is 10.0 Å². The number of hydroxylamine groups is 1. The predicted molar refractivity (Wildman–Crippen MR) is 107 cm³/mol. The first-order valence-corrected chi connectivity index (χ1v) is 11.5. The number of carbonyl (C=O) groups is 1. The quantitative estimate of drug-likeness (QED) is 0.510. The van der Waals surface area contributed by atoms with E-state index in [1.165, 1.54) is 41.5 Å². The minimum Gasteiger partial charge on any atom is -0.489 e. The van der Waals surface area contributed by atoms with Gasteiger partial charge in [-0.25, -0.2) is 22.7 Å². The molecule has 0 aliphatic carbocycles. The zero-order valence-corrected chi connectivity index (χ0v) is 17.6. The maximum Gasteiger partial charge on any atom is 0.262 e. The van der Waals surface area contributed by atoms with Gasteiger partial charge in [0.15, 0.2) is 0 Å². The smallest absolute Gasteiger partial charge is 0.262 e. The van der Waals surface area contributed by atoms with E-state index in [9.17, 15) is 22.0 Å². The van der Waals surface area contributed by atoms with Crippen LogP contribution in [-0.4, -0.2) is 47.4 Å². The summed E-state index contributed by atoms with van der Waals surface area (Å²) in [5, 5.41) is 8.65. The van der Waals surface area contributed by atoms with Crippen molar-refractivity contribution in [1.82, 2.24) is 9.79 Å². The summed E-state index contributed by atoms with van der Waals surface area (Å²) in [7, 11) is -4.00. The molecule has 1 amide bonds. The van der Waals surface area contributed by atoms with E-state index in [2.05, 4.69) is 0 Å². The highest BCUT2D eigenvalue weighted by Crippen LogP contribution is 2.30. The van der Waals surface area contributed by atoms with Gasteiger partial charge in [-0.2, -0.15) is 16.1 Å². The number of benzene rings is 2. The van der Waals surface area contributed by atoms with Crippen LogP contribution in [0.2, 0.25) is 0 Å². The summed E-state index contributed by atoms with van der Waals surface area (Å²) in [5.74, 6) is -1.40. The van der Waals surface area contributed by atoms with Crippen LogP contribution in [0.1, 0.15) is 12.5 Å². The zero-order chi connectivity index (χ0) is 21.9. The number of thioether (sulfide) groups is 1. The molecule has 0 radical (unpaired) electrons. The van der Waals surface area contributed by atoms with Gasteiger partial charge in [-0.15, -0.1) is 0 Å². The second-order valence-electron chi connectivity index (χ2n) is 6.65. The van der Waals surface area contributed by atoms with Crippen LogP contribution in [0.25, 0.3) is 0 Å². The first kappa shape index (κ1) is 22.5. The van der Waals surface area contributed by atoms with Gasteiger partial charge in [-0.1, -0.05) is 6.92 Å². The average molecular weight is 459 g/mol. The first-order valence-electron chi connectivity index (χ1n) is 8.97. The largest absolute Gasteiger partial charge is 0.489 e. The number of halogens is 2. The lowest BCUT2D eigenvalue weighted by Crippen LogP contribution is -2.56. The number of rotatable bonds is 6. The average Bonchev–Trinajstić information content (AvgIpc) is 2.71. The third-order valence-corrected chi connectivity index (χ3v) is 7.68. The Labute approximate surface area is 177 Å². The van der Waals surface area contributed by atoms with Crippen LogP contribution in [0.3, 0.4) is 0 Å². The molecule has 0 spiro atoms. The Morgan fingerprint density at radius 1 is 1.23 bits per heavy atom. The van der Waals surface area contributed by atoms with E-state index in [-0.39, 0.29) is 23.3 Å². The number of nitrogens with zero attached hydrogens (tertiary/aromatic N) is 1. The summed E-state index contributed by atoms with van der Waals surface area (Å²) in [6.07, 6.45) is 0. The SMILES string of the molecule is C[C@@H]1SCCN(S(=O)(=O)c2ccc(OCc3cc(F)cc(F)c3)cc2)[C@H]1C(=O)NO. The molecule has 1 fully saturated rings. The normalized spacial score (nSPS) is 20.0. The Kier molecular flexibility index (Phi) is 6.96. The molecule has 0 aromatic heterocycles. The molecule has 1 saturated heterocycles. The Hall–Kier alpha value is -2.21. The molecule has 30 heavy (non-hydrogen) atoms. The fourth-order valence-electron chi connectivity index (χ4n) is 3.18. The molecule has 0 unspecified atom stereocenters. The number of hydrogen-bond acceptors (Lipinski definition) is 6. The molecular weight excluding hydrogens is 438 g/mol. The molecule has 162 valence electrons. The number of hydrogen-bond donors (Lipinski definition) is 2. The van der Waals surface area contributed by atoms with Crippen molar-refractivity contribution in [3.8, 4) is 5.75 Å². The van der Waals surface area contributed by atoms with E-state index in [1.807, 2.05) is 0 Å². The summed E-state index contributed by atoms with van der Waals surface area (Å²) >= 11 is 1.44. The van der Waals surface area contributed by atoms with Crippen molar-refractivity contribution >= 4 is 27.7 Å². The van der Waals surface area contributed by atoms with Gasteiger partial charge in [0.05, 0.1) is 4.90 Å². The van der Waals surface area contributed by atoms with Crippen molar-refractivity contribution in [3.05, 3.63) is 59.7 Å². The van der Waals surface area contributed by atoms with E-state index in [0.717, 1.165) is 22.5 Å². The third-order valence-electron chi connectivity index (χ3n) is 4.58. The highest BCUT2D eigenvalue weighted by atomic mass is 32.2. The number of sulfonamides is 1. The van der Waals surface area contributed by atoms with Crippen molar-refractivity contribution in [2.24, 2.45) is 0 Å². The lowest BCUT2D eigenvalue weighted by Gasteiger charge is -2.36. The van der Waals surface area contributed by atoms with Gasteiger partial charge in [-0.3, -0.25) is 10.0 Å². The minimum absolute atomic E-state index is 0.0403. The molecule has 1 aliphatic rings. The Bertz CT molecular complexity index is 998. The van der Waals surface area contributed by atoms with Crippen LogP contribution < -0.4 is 10.2 Å². The van der Waals surface area contributed by atoms with Crippen LogP contribution in [0.15, 0.2) is 47.4 Å². The van der Waals surface area contributed by atoms with Crippen molar-refractivity contribution < 1.29 is 31.9 Å². The van der Waals surface area contributed by atoms with Crippen LogP contribution in [-0.2, 0) is 21.4 Å². The van der Waals surface area contributed by atoms with Crippen LogP contribution in [0, 0.1) is 11.6 Å². The Morgan fingerprint density at radius 2 is 1.87 bits per heavy atom. The Morgan fingerprint density at radius 3 is 2.47 bits per heavy atom. The minimum atomic E-state index is -4.00. The number of nitrogens with one attached hydrogen (secondary N) is 1. The standard InChI is InChI=1S/C19H20F2N2O5S2/c1-12-18(19(24)22-25)23(6-7-29-12)30(26,27)17-4-2-16(3-5-17)28-11-13-8-14(20)10-15(21)9-13/h2-5,8-10,12,18,25H,6-7,11H2,1H3,(H,22,24)/t12-,18+/m0/s1. The maximum absolute atomic E-state index is 13.2. The van der Waals surface area contributed by atoms with Gasteiger partial charge in [0, 0.05) is 23.6 Å². The molecule has 3 rings (SSSR count). The van der Waals surface area contributed by atoms with Crippen LogP contribution in [0.5, 0.6) is 5.75 Å². The monoisotopic (exact) mass is 458 g/mol. The number of amides is 1. The highest BCUT2D eigenvalue weighted by molar-refractivity contribution is 8.00. The number of ether oxygens (including phenoxy) is 1. The molecule has 0 saturated carbocycles. The topological polar surface area (TPSA) is 95.9 Å². The molecule has 2 aromatic rings. The fraction of sp³-hybridized carbons (Fsp3) is 0.316. The second-order valence-corrected chi connectivity index (χ2v) is 10.0. The van der Waals surface area contributed by atoms with Gasteiger partial charge in [0.1, 0.15) is 30.0 Å². The van der Waals surface area contributed by atoms with Crippen molar-refractivity contribution in [2.45, 2.75) is 29.7 Å². The summed E-state index contributed by atoms with van der Waals surface area (Å²) in [6, 6.07) is 7.50. The molecule has 7 nitrogen and oxygen atoms in total. The van der Waals surface area contributed by atoms with E-state index in [1.54, 1.807) is 6.92 Å². The number of carbonyl (C=O) groups excluding carboxylic acids is 1. The molecular formula is C19H20F2N2O5S2. The molecule has 1 heterocycles. The molecule has 0 bridgehead atoms. The van der Waals surface area contributed by atoms with Crippen LogP contribution >= 0.6 is 11.8 Å². The zero-order valence-electron chi connectivity index (χ0n) is 15.9. The second kappa shape index (κ2) is 9.29. The van der Waals surface area contributed by atoms with Crippen LogP contribution in [0.4, 0.5) is 8.78 Å². The van der Waals surface area contributed by atoms with Crippen molar-refractivity contribution in [1.29, 1.82) is 0 Å². The molecule has 11 heteroatoms. The fourth-order valence-corrected chi connectivity index (χ4v) is 6.16. The summed E-state index contributed by atoms with van der Waals surface area (Å²) in [5.41, 5.74) is 1.83. The van der Waals surface area contributed by atoms with Gasteiger partial charge in [0.25, 0.3) is 5.91 Å². The third kappa shape index (κ3) is 4.91. The lowest BCUT2D eigenvalue weighted by molar-refractivity contribution is -0.133. The van der Waals surface area contributed by atoms with E-state index >= 15 is 0 Å². The summed E-state index contributed by atoms with van der Waals surface area (Å²) < 4.78 is 59.1. The maximum atomic E-state index is 13.2. The predicted octanol–water partition coefficient (Wildman–Crippen LogP) is 2.54. The lowest BCUT2D eigenvalue weighted by atomic mass is 10.2. The van der Waals surface area contributed by atoms with E-state index in [0.29, 0.717) is 17.1 Å². The van der Waals surface area contributed by atoms with E-state index in [4.69, 9.17) is 9.94 Å². The van der Waals surface area contributed by atoms with Crippen molar-refractivity contribution in [2.75, 3.05) is 12.3 Å². The molecule has 1 aliphatic heterocycles. The van der Waals surface area contributed by atoms with Gasteiger partial charge in [-0.05, 0) is 42.0 Å².